The van der Waals surface area contributed by atoms with Crippen molar-refractivity contribution in [2.24, 2.45) is 11.8 Å². The minimum atomic E-state index is -0.484. The van der Waals surface area contributed by atoms with Crippen LogP contribution < -0.4 is 10.9 Å². The normalized spacial score (nSPS) is 17.9. The highest BCUT2D eigenvalue weighted by molar-refractivity contribution is 6.00. The van der Waals surface area contributed by atoms with Crippen molar-refractivity contribution < 1.29 is 14.3 Å². The number of ether oxygens (including phenoxy) is 1. The van der Waals surface area contributed by atoms with Gasteiger partial charge in [-0.05, 0) is 36.8 Å². The van der Waals surface area contributed by atoms with E-state index in [0.717, 1.165) is 12.0 Å². The van der Waals surface area contributed by atoms with Gasteiger partial charge in [0, 0.05) is 38.4 Å². The van der Waals surface area contributed by atoms with Gasteiger partial charge in [-0.3, -0.25) is 14.4 Å². The predicted octanol–water partition coefficient (Wildman–Crippen LogP) is 2.50. The van der Waals surface area contributed by atoms with Gasteiger partial charge in [0.1, 0.15) is 5.56 Å². The molecule has 1 aromatic heterocycles. The van der Waals surface area contributed by atoms with Crippen molar-refractivity contribution in [1.29, 1.82) is 0 Å². The molecule has 0 radical (unpaired) electrons. The first-order valence-electron chi connectivity index (χ1n) is 9.65. The number of benzene rings is 1. The van der Waals surface area contributed by atoms with Crippen molar-refractivity contribution in [1.82, 2.24) is 9.88 Å². The Labute approximate surface area is 164 Å². The van der Waals surface area contributed by atoms with Crippen molar-refractivity contribution in [3.8, 4) is 0 Å². The molecular formula is C22H26N2O4. The molecule has 6 nitrogen and oxygen atoms in total. The topological polar surface area (TPSA) is 77.4 Å². The van der Waals surface area contributed by atoms with Crippen molar-refractivity contribution in [3.05, 3.63) is 69.6 Å². The van der Waals surface area contributed by atoms with Crippen LogP contribution in [0.25, 0.3) is 0 Å². The highest BCUT2D eigenvalue weighted by Crippen LogP contribution is 2.42. The zero-order valence-electron chi connectivity index (χ0n) is 16.3. The second-order valence-corrected chi connectivity index (χ2v) is 7.18. The van der Waals surface area contributed by atoms with Gasteiger partial charge in [0.2, 0.25) is 0 Å². The van der Waals surface area contributed by atoms with E-state index in [0.29, 0.717) is 43.6 Å². The average Bonchev–Trinajstić information content (AvgIpc) is 3.45. The summed E-state index contributed by atoms with van der Waals surface area (Å²) >= 11 is 0. The van der Waals surface area contributed by atoms with E-state index in [1.54, 1.807) is 6.20 Å². The maximum absolute atomic E-state index is 12.8. The summed E-state index contributed by atoms with van der Waals surface area (Å²) in [7, 11) is 1.47. The number of rotatable bonds is 9. The molecule has 3 rings (SSSR count). The third-order valence-electron chi connectivity index (χ3n) is 5.13. The molecule has 1 aliphatic carbocycles. The van der Waals surface area contributed by atoms with E-state index in [-0.39, 0.29) is 11.3 Å². The average molecular weight is 382 g/mol. The van der Waals surface area contributed by atoms with E-state index in [2.05, 4.69) is 5.32 Å². The van der Waals surface area contributed by atoms with Crippen LogP contribution in [-0.4, -0.2) is 36.5 Å². The molecule has 1 fully saturated rings. The van der Waals surface area contributed by atoms with Gasteiger partial charge in [-0.2, -0.15) is 0 Å². The number of amides is 1. The lowest BCUT2D eigenvalue weighted by Crippen LogP contribution is -2.32. The van der Waals surface area contributed by atoms with Crippen LogP contribution in [0.4, 0.5) is 0 Å². The number of pyridine rings is 1. The van der Waals surface area contributed by atoms with Gasteiger partial charge in [-0.1, -0.05) is 30.3 Å². The molecule has 2 atom stereocenters. The number of carbonyl (C=O) groups is 2. The summed E-state index contributed by atoms with van der Waals surface area (Å²) in [5.74, 6) is 0.215. The van der Waals surface area contributed by atoms with Crippen LogP contribution in [0.1, 0.15) is 46.0 Å². The Morgan fingerprint density at radius 2 is 1.96 bits per heavy atom. The SMILES string of the molecule is CCOC[C@H]1C[C@@H]1CC(=O)c1cc(C(=O)NC)c(=O)n(Cc2ccccc2)c1. The van der Waals surface area contributed by atoms with E-state index in [1.165, 1.54) is 17.7 Å². The molecule has 0 spiro atoms. The number of hydrogen-bond acceptors (Lipinski definition) is 4. The number of nitrogens with one attached hydrogen (secondary N) is 1. The van der Waals surface area contributed by atoms with Gasteiger partial charge < -0.3 is 14.6 Å². The van der Waals surface area contributed by atoms with Crippen LogP contribution in [0.15, 0.2) is 47.4 Å². The van der Waals surface area contributed by atoms with Crippen LogP contribution >= 0.6 is 0 Å². The van der Waals surface area contributed by atoms with Gasteiger partial charge in [-0.15, -0.1) is 0 Å². The number of Topliss-reactive ketones (excluding diaryl/α,β-unsaturated/α-hetero) is 1. The van der Waals surface area contributed by atoms with Crippen LogP contribution in [-0.2, 0) is 11.3 Å². The predicted molar refractivity (Wildman–Crippen MR) is 107 cm³/mol. The van der Waals surface area contributed by atoms with Crippen molar-refractivity contribution in [2.75, 3.05) is 20.3 Å². The molecule has 1 aromatic carbocycles. The number of carbonyl (C=O) groups excluding carboxylic acids is 2. The maximum atomic E-state index is 12.8. The van der Waals surface area contributed by atoms with Gasteiger partial charge in [0.25, 0.3) is 11.5 Å². The number of ketones is 1. The second kappa shape index (κ2) is 8.97. The van der Waals surface area contributed by atoms with Crippen molar-refractivity contribution in [3.63, 3.8) is 0 Å². The van der Waals surface area contributed by atoms with E-state index >= 15 is 0 Å². The molecule has 0 aliphatic heterocycles. The summed E-state index contributed by atoms with van der Waals surface area (Å²) in [5.41, 5.74) is 0.915. The molecule has 1 heterocycles. The maximum Gasteiger partial charge on any atom is 0.263 e. The number of aromatic nitrogens is 1. The summed E-state index contributed by atoms with van der Waals surface area (Å²) in [4.78, 5) is 37.7. The highest BCUT2D eigenvalue weighted by Gasteiger charge is 2.38. The lowest BCUT2D eigenvalue weighted by Gasteiger charge is -2.11. The molecular weight excluding hydrogens is 356 g/mol. The first kappa shape index (κ1) is 20.0. The largest absolute Gasteiger partial charge is 0.381 e. The summed E-state index contributed by atoms with van der Waals surface area (Å²) < 4.78 is 6.87. The summed E-state index contributed by atoms with van der Waals surface area (Å²) in [6.45, 7) is 3.63. The van der Waals surface area contributed by atoms with E-state index in [1.807, 2.05) is 37.3 Å². The summed E-state index contributed by atoms with van der Waals surface area (Å²) in [6.07, 6.45) is 2.97. The lowest BCUT2D eigenvalue weighted by atomic mass is 10.0. The molecule has 0 unspecified atom stereocenters. The third-order valence-corrected chi connectivity index (χ3v) is 5.13. The molecule has 0 saturated heterocycles. The van der Waals surface area contributed by atoms with E-state index in [4.69, 9.17) is 4.74 Å². The number of hydrogen-bond donors (Lipinski definition) is 1. The molecule has 28 heavy (non-hydrogen) atoms. The molecule has 148 valence electrons. The van der Waals surface area contributed by atoms with Crippen LogP contribution in [0.2, 0.25) is 0 Å². The fourth-order valence-corrected chi connectivity index (χ4v) is 3.37. The fraction of sp³-hybridized carbons (Fsp3) is 0.409. The minimum absolute atomic E-state index is 0.00838. The van der Waals surface area contributed by atoms with Crippen molar-refractivity contribution in [2.45, 2.75) is 26.3 Å². The highest BCUT2D eigenvalue weighted by atomic mass is 16.5. The molecule has 1 N–H and O–H groups in total. The van der Waals surface area contributed by atoms with Gasteiger partial charge in [-0.25, -0.2) is 0 Å². The molecule has 1 saturated carbocycles. The van der Waals surface area contributed by atoms with Crippen LogP contribution in [0.3, 0.4) is 0 Å². The standard InChI is InChI=1S/C22H26N2O4/c1-3-28-14-18-9-16(18)11-20(25)17-10-19(21(26)23-2)22(27)24(13-17)12-15-7-5-4-6-8-15/h4-8,10,13,16,18H,3,9,11-12,14H2,1-2H3,(H,23,26)/t16-,18-/m1/s1. The molecule has 1 aliphatic rings. The first-order valence-corrected chi connectivity index (χ1v) is 9.65. The Kier molecular flexibility index (Phi) is 6.41. The minimum Gasteiger partial charge on any atom is -0.381 e. The smallest absolute Gasteiger partial charge is 0.263 e. The monoisotopic (exact) mass is 382 g/mol. The zero-order valence-corrected chi connectivity index (χ0v) is 16.3. The van der Waals surface area contributed by atoms with E-state index in [9.17, 15) is 14.4 Å². The first-order chi connectivity index (χ1) is 13.5. The molecule has 0 bridgehead atoms. The Morgan fingerprint density at radius 3 is 2.64 bits per heavy atom. The Morgan fingerprint density at radius 1 is 1.21 bits per heavy atom. The van der Waals surface area contributed by atoms with Gasteiger partial charge >= 0.3 is 0 Å². The Bertz CT molecular complexity index is 904. The molecule has 2 aromatic rings. The molecule has 1 amide bonds. The van der Waals surface area contributed by atoms with Gasteiger partial charge in [0.05, 0.1) is 6.54 Å². The third kappa shape index (κ3) is 4.75. The summed E-state index contributed by atoms with van der Waals surface area (Å²) in [6, 6.07) is 10.9. The second-order valence-electron chi connectivity index (χ2n) is 7.18. The number of nitrogens with zero attached hydrogens (tertiary/aromatic N) is 1. The van der Waals surface area contributed by atoms with Crippen molar-refractivity contribution >= 4 is 11.7 Å². The van der Waals surface area contributed by atoms with Crippen LogP contribution in [0.5, 0.6) is 0 Å². The van der Waals surface area contributed by atoms with Crippen LogP contribution in [0, 0.1) is 11.8 Å². The molecule has 6 heteroatoms. The quantitative estimate of drug-likeness (QED) is 0.676. The Balaban J connectivity index is 1.84. The van der Waals surface area contributed by atoms with Gasteiger partial charge in [0.15, 0.2) is 5.78 Å². The van der Waals surface area contributed by atoms with E-state index < -0.39 is 11.5 Å². The Hall–Kier alpha value is -2.73. The zero-order chi connectivity index (χ0) is 20.1. The summed E-state index contributed by atoms with van der Waals surface area (Å²) in [5, 5.41) is 2.48. The fourth-order valence-electron chi connectivity index (χ4n) is 3.37. The lowest BCUT2D eigenvalue weighted by molar-refractivity contribution is 0.0961.